The van der Waals surface area contributed by atoms with Gasteiger partial charge in [-0.3, -0.25) is 0 Å². The van der Waals surface area contributed by atoms with Crippen LogP contribution >= 0.6 is 0 Å². The fraction of sp³-hybridized carbons (Fsp3) is 0.400. The highest BCUT2D eigenvalue weighted by atomic mass is 16.3. The zero-order chi connectivity index (χ0) is 8.18. The summed E-state index contributed by atoms with van der Waals surface area (Å²) in [5.74, 6) is 0.448. The molecule has 0 atom stereocenters. The van der Waals surface area contributed by atoms with Crippen molar-refractivity contribution in [2.75, 3.05) is 0 Å². The predicted octanol–water partition coefficient (Wildman–Crippen LogP) is 1.48. The first kappa shape index (κ1) is 6.49. The van der Waals surface area contributed by atoms with Crippen molar-refractivity contribution in [2.45, 2.75) is 24.9 Å². The molecule has 1 aliphatic carbocycles. The summed E-state index contributed by atoms with van der Waals surface area (Å²) in [5, 5.41) is 13.0. The summed E-state index contributed by atoms with van der Waals surface area (Å²) >= 11 is 0. The SMILES string of the molecule is Oc1cccc2c1CNC21CC1. The van der Waals surface area contributed by atoms with Crippen molar-refractivity contribution in [3.05, 3.63) is 29.3 Å². The summed E-state index contributed by atoms with van der Waals surface area (Å²) in [6, 6.07) is 5.82. The van der Waals surface area contributed by atoms with Crippen LogP contribution in [0.15, 0.2) is 18.2 Å². The van der Waals surface area contributed by atoms with Crippen molar-refractivity contribution in [1.29, 1.82) is 0 Å². The minimum absolute atomic E-state index is 0.258. The van der Waals surface area contributed by atoms with Crippen LogP contribution in [-0.2, 0) is 12.1 Å². The fourth-order valence-corrected chi connectivity index (χ4v) is 2.13. The predicted molar refractivity (Wildman–Crippen MR) is 45.9 cm³/mol. The van der Waals surface area contributed by atoms with Crippen LogP contribution in [0, 0.1) is 0 Å². The third-order valence-corrected chi connectivity index (χ3v) is 3.02. The summed E-state index contributed by atoms with van der Waals surface area (Å²) < 4.78 is 0. The van der Waals surface area contributed by atoms with Gasteiger partial charge in [0, 0.05) is 17.6 Å². The molecule has 2 N–H and O–H groups in total. The van der Waals surface area contributed by atoms with E-state index in [0.717, 1.165) is 12.1 Å². The van der Waals surface area contributed by atoms with Crippen LogP contribution in [0.25, 0.3) is 0 Å². The van der Waals surface area contributed by atoms with Crippen molar-refractivity contribution >= 4 is 0 Å². The average Bonchev–Trinajstić information content (AvgIpc) is 2.73. The van der Waals surface area contributed by atoms with Gasteiger partial charge in [-0.15, -0.1) is 0 Å². The highest BCUT2D eigenvalue weighted by Gasteiger charge is 2.48. The molecular weight excluding hydrogens is 150 g/mol. The molecule has 0 unspecified atom stereocenters. The van der Waals surface area contributed by atoms with Gasteiger partial charge in [0.25, 0.3) is 0 Å². The molecule has 1 aromatic carbocycles. The van der Waals surface area contributed by atoms with Crippen LogP contribution in [0.2, 0.25) is 0 Å². The second-order valence-corrected chi connectivity index (χ2v) is 3.74. The number of rotatable bonds is 0. The summed E-state index contributed by atoms with van der Waals surface area (Å²) in [6.07, 6.45) is 2.45. The molecule has 3 rings (SSSR count). The zero-order valence-corrected chi connectivity index (χ0v) is 6.80. The maximum absolute atomic E-state index is 9.55. The Morgan fingerprint density at radius 3 is 2.92 bits per heavy atom. The van der Waals surface area contributed by atoms with E-state index in [1.54, 1.807) is 6.07 Å². The molecule has 0 bridgehead atoms. The highest BCUT2D eigenvalue weighted by Crippen LogP contribution is 2.51. The van der Waals surface area contributed by atoms with E-state index < -0.39 is 0 Å². The van der Waals surface area contributed by atoms with Crippen LogP contribution in [-0.4, -0.2) is 5.11 Å². The van der Waals surface area contributed by atoms with Crippen LogP contribution in [0.5, 0.6) is 5.75 Å². The number of phenols is 1. The first-order chi connectivity index (χ1) is 5.82. The average molecular weight is 161 g/mol. The molecule has 0 amide bonds. The quantitative estimate of drug-likeness (QED) is 0.604. The van der Waals surface area contributed by atoms with Gasteiger partial charge in [-0.2, -0.15) is 0 Å². The molecule has 1 fully saturated rings. The maximum atomic E-state index is 9.55. The van der Waals surface area contributed by atoms with Crippen molar-refractivity contribution in [3.8, 4) is 5.75 Å². The number of hydrogen-bond acceptors (Lipinski definition) is 2. The zero-order valence-electron chi connectivity index (χ0n) is 6.80. The largest absolute Gasteiger partial charge is 0.508 e. The Morgan fingerprint density at radius 1 is 1.33 bits per heavy atom. The van der Waals surface area contributed by atoms with Gasteiger partial charge in [-0.25, -0.2) is 0 Å². The smallest absolute Gasteiger partial charge is 0.120 e. The van der Waals surface area contributed by atoms with Gasteiger partial charge in [-0.05, 0) is 24.5 Å². The van der Waals surface area contributed by atoms with Crippen molar-refractivity contribution in [3.63, 3.8) is 0 Å². The first-order valence-corrected chi connectivity index (χ1v) is 4.38. The Morgan fingerprint density at radius 2 is 2.17 bits per heavy atom. The Balaban J connectivity index is 2.23. The Labute approximate surface area is 71.2 Å². The van der Waals surface area contributed by atoms with E-state index in [0.29, 0.717) is 5.75 Å². The van der Waals surface area contributed by atoms with E-state index in [2.05, 4.69) is 11.4 Å². The van der Waals surface area contributed by atoms with Gasteiger partial charge in [0.1, 0.15) is 5.75 Å². The molecule has 1 aliphatic heterocycles. The molecular formula is C10H11NO. The minimum atomic E-state index is 0.258. The van der Waals surface area contributed by atoms with Gasteiger partial charge in [0.2, 0.25) is 0 Å². The lowest BCUT2D eigenvalue weighted by molar-refractivity contribution is 0.468. The number of hydrogen-bond donors (Lipinski definition) is 2. The monoisotopic (exact) mass is 161 g/mol. The molecule has 62 valence electrons. The third kappa shape index (κ3) is 0.636. The topological polar surface area (TPSA) is 32.3 Å². The number of nitrogens with one attached hydrogen (secondary N) is 1. The summed E-state index contributed by atoms with van der Waals surface area (Å²) in [5.41, 5.74) is 2.69. The molecule has 12 heavy (non-hydrogen) atoms. The van der Waals surface area contributed by atoms with Crippen LogP contribution in [0.3, 0.4) is 0 Å². The van der Waals surface area contributed by atoms with Gasteiger partial charge >= 0.3 is 0 Å². The van der Waals surface area contributed by atoms with E-state index in [9.17, 15) is 5.11 Å². The number of benzene rings is 1. The second-order valence-electron chi connectivity index (χ2n) is 3.74. The van der Waals surface area contributed by atoms with Crippen LogP contribution < -0.4 is 5.32 Å². The van der Waals surface area contributed by atoms with E-state index in [1.807, 2.05) is 6.07 Å². The van der Waals surface area contributed by atoms with E-state index in [-0.39, 0.29) is 5.54 Å². The Kier molecular flexibility index (Phi) is 0.989. The van der Waals surface area contributed by atoms with E-state index >= 15 is 0 Å². The summed E-state index contributed by atoms with van der Waals surface area (Å²) in [6.45, 7) is 0.835. The molecule has 2 aliphatic rings. The minimum Gasteiger partial charge on any atom is -0.508 e. The van der Waals surface area contributed by atoms with Crippen LogP contribution in [0.4, 0.5) is 0 Å². The molecule has 1 aromatic rings. The lowest BCUT2D eigenvalue weighted by Crippen LogP contribution is -2.19. The van der Waals surface area contributed by atoms with Crippen molar-refractivity contribution in [2.24, 2.45) is 0 Å². The standard InChI is InChI=1S/C10H11NO/c12-9-3-1-2-8-7(9)6-11-10(8)4-5-10/h1-3,11-12H,4-6H2. The molecule has 1 saturated carbocycles. The normalized spacial score (nSPS) is 22.7. The number of aromatic hydroxyl groups is 1. The third-order valence-electron chi connectivity index (χ3n) is 3.02. The van der Waals surface area contributed by atoms with Crippen molar-refractivity contribution in [1.82, 2.24) is 5.32 Å². The van der Waals surface area contributed by atoms with Crippen LogP contribution in [0.1, 0.15) is 24.0 Å². The Bertz CT molecular complexity index is 342. The molecule has 2 heteroatoms. The molecule has 0 aromatic heterocycles. The second kappa shape index (κ2) is 1.83. The van der Waals surface area contributed by atoms with E-state index in [1.165, 1.54) is 18.4 Å². The molecule has 0 radical (unpaired) electrons. The number of fused-ring (bicyclic) bond motifs is 2. The van der Waals surface area contributed by atoms with Gasteiger partial charge in [0.15, 0.2) is 0 Å². The summed E-state index contributed by atoms with van der Waals surface area (Å²) in [7, 11) is 0. The van der Waals surface area contributed by atoms with Gasteiger partial charge < -0.3 is 10.4 Å². The molecule has 1 heterocycles. The molecule has 1 spiro atoms. The molecule has 0 saturated heterocycles. The first-order valence-electron chi connectivity index (χ1n) is 4.38. The highest BCUT2D eigenvalue weighted by molar-refractivity contribution is 5.48. The maximum Gasteiger partial charge on any atom is 0.120 e. The lowest BCUT2D eigenvalue weighted by Gasteiger charge is -2.07. The molecule has 2 nitrogen and oxygen atoms in total. The summed E-state index contributed by atoms with van der Waals surface area (Å²) in [4.78, 5) is 0. The Hall–Kier alpha value is -1.02. The fourth-order valence-electron chi connectivity index (χ4n) is 2.13. The van der Waals surface area contributed by atoms with E-state index in [4.69, 9.17) is 0 Å². The van der Waals surface area contributed by atoms with Gasteiger partial charge in [0.05, 0.1) is 0 Å². The lowest BCUT2D eigenvalue weighted by atomic mass is 10.0. The van der Waals surface area contributed by atoms with Gasteiger partial charge in [-0.1, -0.05) is 12.1 Å². The number of phenolic OH excluding ortho intramolecular Hbond substituents is 1. The van der Waals surface area contributed by atoms with Crippen molar-refractivity contribution < 1.29 is 5.11 Å².